The summed E-state index contributed by atoms with van der Waals surface area (Å²) in [5.74, 6) is 0.726. The minimum atomic E-state index is -3.77. The summed E-state index contributed by atoms with van der Waals surface area (Å²) in [6.45, 7) is 6.47. The van der Waals surface area contributed by atoms with E-state index in [4.69, 9.17) is 9.47 Å². The molecule has 3 rings (SSSR count). The van der Waals surface area contributed by atoms with Gasteiger partial charge in [0.1, 0.15) is 0 Å². The van der Waals surface area contributed by atoms with Crippen molar-refractivity contribution in [2.75, 3.05) is 26.8 Å². The van der Waals surface area contributed by atoms with Crippen LogP contribution in [0.5, 0.6) is 11.5 Å². The second-order valence-electron chi connectivity index (χ2n) is 8.36. The number of amides is 1. The minimum Gasteiger partial charge on any atom is -0.490 e. The average Bonchev–Trinajstić information content (AvgIpc) is 3.03. The molecule has 0 aliphatic carbocycles. The fourth-order valence-corrected chi connectivity index (χ4v) is 4.36. The highest BCUT2D eigenvalue weighted by Crippen LogP contribution is 2.31. The van der Waals surface area contributed by atoms with Gasteiger partial charge in [0.15, 0.2) is 11.5 Å². The molecule has 0 saturated carbocycles. The van der Waals surface area contributed by atoms with Crippen LogP contribution >= 0.6 is 0 Å². The van der Waals surface area contributed by atoms with Crippen LogP contribution in [0.2, 0.25) is 0 Å². The Morgan fingerprint density at radius 1 is 1.06 bits per heavy atom. The van der Waals surface area contributed by atoms with Crippen LogP contribution in [-0.2, 0) is 27.9 Å². The zero-order valence-corrected chi connectivity index (χ0v) is 20.3. The van der Waals surface area contributed by atoms with Crippen molar-refractivity contribution in [1.82, 2.24) is 14.9 Å². The number of carbonyl (C=O) groups is 1. The second kappa shape index (κ2) is 11.5. The lowest BCUT2D eigenvalue weighted by Gasteiger charge is -2.22. The monoisotopic (exact) mass is 475 g/mol. The molecule has 1 aliphatic rings. The van der Waals surface area contributed by atoms with Gasteiger partial charge in [0.25, 0.3) is 0 Å². The van der Waals surface area contributed by atoms with Gasteiger partial charge in [-0.1, -0.05) is 24.3 Å². The van der Waals surface area contributed by atoms with Gasteiger partial charge in [-0.3, -0.25) is 9.69 Å². The normalized spacial score (nSPS) is 13.7. The number of ether oxygens (including phenoxy) is 2. The number of nitrogens with zero attached hydrogens (tertiary/aromatic N) is 1. The molecule has 1 aliphatic heterocycles. The van der Waals surface area contributed by atoms with E-state index in [9.17, 15) is 13.2 Å². The van der Waals surface area contributed by atoms with Crippen LogP contribution < -0.4 is 19.5 Å². The predicted octanol–water partition coefficient (Wildman–Crippen LogP) is 2.67. The van der Waals surface area contributed by atoms with Crippen molar-refractivity contribution in [3.8, 4) is 11.5 Å². The molecule has 2 N–H and O–H groups in total. The van der Waals surface area contributed by atoms with Gasteiger partial charge in [0.05, 0.1) is 18.1 Å². The van der Waals surface area contributed by atoms with E-state index >= 15 is 0 Å². The van der Waals surface area contributed by atoms with Crippen LogP contribution in [0.4, 0.5) is 0 Å². The second-order valence-corrected chi connectivity index (χ2v) is 10.1. The number of nitrogens with one attached hydrogen (secondary N) is 2. The molecule has 1 heterocycles. The molecular weight excluding hydrogens is 442 g/mol. The first-order chi connectivity index (χ1) is 15.8. The molecule has 2 aromatic carbocycles. The summed E-state index contributed by atoms with van der Waals surface area (Å²) in [6.07, 6.45) is 0.779. The predicted molar refractivity (Wildman–Crippen MR) is 127 cm³/mol. The Morgan fingerprint density at radius 2 is 1.76 bits per heavy atom. The van der Waals surface area contributed by atoms with Gasteiger partial charge in [0, 0.05) is 44.6 Å². The summed E-state index contributed by atoms with van der Waals surface area (Å²) in [5, 5.41) is 2.89. The largest absolute Gasteiger partial charge is 0.490 e. The third-order valence-electron chi connectivity index (χ3n) is 5.57. The third kappa shape index (κ3) is 7.18. The first-order valence-corrected chi connectivity index (χ1v) is 12.7. The first-order valence-electron chi connectivity index (χ1n) is 11.2. The van der Waals surface area contributed by atoms with Gasteiger partial charge in [-0.2, -0.15) is 0 Å². The van der Waals surface area contributed by atoms with E-state index < -0.39 is 10.0 Å². The highest BCUT2D eigenvalue weighted by Gasteiger charge is 2.19. The molecule has 0 bridgehead atoms. The molecule has 180 valence electrons. The standard InChI is InChI=1S/C24H33N3O5S/c1-18(2)27(3)17-20-8-5-4-7-19(20)16-25-24(28)11-12-26-33(29,30)21-9-10-22-23(15-21)32-14-6-13-31-22/h4-5,7-10,15,18,26H,6,11-14,16-17H2,1-3H3,(H,25,28). The SMILES string of the molecule is CC(C)N(C)Cc1ccccc1CNC(=O)CCNS(=O)(=O)c1ccc2c(c1)OCCCO2. The number of benzene rings is 2. The molecule has 0 atom stereocenters. The Labute approximate surface area is 196 Å². The van der Waals surface area contributed by atoms with Crippen LogP contribution in [-0.4, -0.2) is 52.1 Å². The summed E-state index contributed by atoms with van der Waals surface area (Å²) in [7, 11) is -1.70. The molecule has 8 nitrogen and oxygen atoms in total. The van der Waals surface area contributed by atoms with Crippen LogP contribution in [0.15, 0.2) is 47.4 Å². The molecule has 2 aromatic rings. The van der Waals surface area contributed by atoms with Crippen molar-refractivity contribution in [3.63, 3.8) is 0 Å². The van der Waals surface area contributed by atoms with E-state index in [2.05, 4.69) is 41.9 Å². The van der Waals surface area contributed by atoms with E-state index in [1.807, 2.05) is 18.2 Å². The van der Waals surface area contributed by atoms with Crippen molar-refractivity contribution in [1.29, 1.82) is 0 Å². The quantitative estimate of drug-likeness (QED) is 0.548. The maximum Gasteiger partial charge on any atom is 0.240 e. The van der Waals surface area contributed by atoms with Crippen LogP contribution in [0, 0.1) is 0 Å². The number of fused-ring (bicyclic) bond motifs is 1. The number of hydrogen-bond donors (Lipinski definition) is 2. The fourth-order valence-electron chi connectivity index (χ4n) is 3.31. The van der Waals surface area contributed by atoms with Crippen LogP contribution in [0.1, 0.15) is 37.8 Å². The topological polar surface area (TPSA) is 97.0 Å². The maximum absolute atomic E-state index is 12.6. The van der Waals surface area contributed by atoms with Crippen molar-refractivity contribution in [3.05, 3.63) is 53.6 Å². The average molecular weight is 476 g/mol. The van der Waals surface area contributed by atoms with Gasteiger partial charge in [0.2, 0.25) is 15.9 Å². The van der Waals surface area contributed by atoms with E-state index in [-0.39, 0.29) is 23.8 Å². The Morgan fingerprint density at radius 3 is 2.48 bits per heavy atom. The number of sulfonamides is 1. The van der Waals surface area contributed by atoms with E-state index in [1.54, 1.807) is 6.07 Å². The lowest BCUT2D eigenvalue weighted by atomic mass is 10.1. The summed E-state index contributed by atoms with van der Waals surface area (Å²) in [5.41, 5.74) is 2.20. The molecule has 0 spiro atoms. The Bertz CT molecular complexity index is 1060. The van der Waals surface area contributed by atoms with Crippen molar-refractivity contribution in [2.24, 2.45) is 0 Å². The van der Waals surface area contributed by atoms with E-state index in [1.165, 1.54) is 12.1 Å². The molecule has 1 amide bonds. The van der Waals surface area contributed by atoms with Crippen molar-refractivity contribution >= 4 is 15.9 Å². The first kappa shape index (κ1) is 25.0. The van der Waals surface area contributed by atoms with Gasteiger partial charge in [-0.15, -0.1) is 0 Å². The number of rotatable bonds is 10. The number of hydrogen-bond acceptors (Lipinski definition) is 6. The minimum absolute atomic E-state index is 0.000340. The van der Waals surface area contributed by atoms with Gasteiger partial charge in [-0.05, 0) is 44.2 Å². The Balaban J connectivity index is 1.50. The molecule has 0 radical (unpaired) electrons. The summed E-state index contributed by atoms with van der Waals surface area (Å²) >= 11 is 0. The summed E-state index contributed by atoms with van der Waals surface area (Å²) < 4.78 is 38.8. The third-order valence-corrected chi connectivity index (χ3v) is 7.03. The molecule has 0 aromatic heterocycles. The van der Waals surface area contributed by atoms with Gasteiger partial charge >= 0.3 is 0 Å². The van der Waals surface area contributed by atoms with E-state index in [0.29, 0.717) is 37.3 Å². The summed E-state index contributed by atoms with van der Waals surface area (Å²) in [4.78, 5) is 14.6. The zero-order chi connectivity index (χ0) is 23.8. The molecule has 9 heteroatoms. The fraction of sp³-hybridized carbons (Fsp3) is 0.458. The molecular formula is C24H33N3O5S. The van der Waals surface area contributed by atoms with Gasteiger partial charge in [-0.25, -0.2) is 13.1 Å². The molecule has 0 unspecified atom stereocenters. The van der Waals surface area contributed by atoms with Gasteiger partial charge < -0.3 is 14.8 Å². The Hall–Kier alpha value is -2.62. The molecule has 0 saturated heterocycles. The Kier molecular flexibility index (Phi) is 8.71. The summed E-state index contributed by atoms with van der Waals surface area (Å²) in [6, 6.07) is 12.9. The molecule has 0 fully saturated rings. The van der Waals surface area contributed by atoms with Crippen LogP contribution in [0.25, 0.3) is 0 Å². The van der Waals surface area contributed by atoms with Crippen molar-refractivity contribution < 1.29 is 22.7 Å². The lowest BCUT2D eigenvalue weighted by Crippen LogP contribution is -2.31. The number of carbonyl (C=O) groups excluding carboxylic acids is 1. The van der Waals surface area contributed by atoms with E-state index in [0.717, 1.165) is 24.1 Å². The zero-order valence-electron chi connectivity index (χ0n) is 19.5. The smallest absolute Gasteiger partial charge is 0.240 e. The lowest BCUT2D eigenvalue weighted by molar-refractivity contribution is -0.121. The van der Waals surface area contributed by atoms with Crippen molar-refractivity contribution in [2.45, 2.75) is 50.7 Å². The highest BCUT2D eigenvalue weighted by atomic mass is 32.2. The van der Waals surface area contributed by atoms with Crippen LogP contribution in [0.3, 0.4) is 0 Å². The molecule has 33 heavy (non-hydrogen) atoms. The highest BCUT2D eigenvalue weighted by molar-refractivity contribution is 7.89. The maximum atomic E-state index is 12.6.